The van der Waals surface area contributed by atoms with Crippen LogP contribution in [0.5, 0.6) is 0 Å². The molecule has 0 bridgehead atoms. The normalized spacial score (nSPS) is 17.5. The van der Waals surface area contributed by atoms with Crippen molar-refractivity contribution in [3.8, 4) is 0 Å². The Morgan fingerprint density at radius 3 is 1.62 bits per heavy atom. The van der Waals surface area contributed by atoms with E-state index in [0.29, 0.717) is 12.8 Å². The molecule has 1 fully saturated rings. The van der Waals surface area contributed by atoms with Crippen LogP contribution in [0.15, 0.2) is 0 Å². The van der Waals surface area contributed by atoms with Gasteiger partial charge in [0.2, 0.25) is 11.8 Å². The molecule has 1 aliphatic rings. The third kappa shape index (κ3) is 1.74. The van der Waals surface area contributed by atoms with Gasteiger partial charge in [-0.1, -0.05) is 0 Å². The standard InChI is InChI=1S/C4H5NO2.W/c6-3-1-2-4(7)5-3;/h1-2H2,(H,5,6,7);. The molecule has 1 N–H and O–H groups in total. The van der Waals surface area contributed by atoms with E-state index in [1.807, 2.05) is 0 Å². The SMILES string of the molecule is O=C1CCC(=O)N1.[W]. The fourth-order valence-electron chi connectivity index (χ4n) is 0.508. The van der Waals surface area contributed by atoms with Crippen molar-refractivity contribution in [2.75, 3.05) is 0 Å². The fourth-order valence-corrected chi connectivity index (χ4v) is 0.508. The summed E-state index contributed by atoms with van der Waals surface area (Å²) in [6.45, 7) is 0. The molecule has 0 unspecified atom stereocenters. The van der Waals surface area contributed by atoms with Crippen molar-refractivity contribution in [2.45, 2.75) is 12.8 Å². The van der Waals surface area contributed by atoms with Crippen LogP contribution in [0.25, 0.3) is 0 Å². The van der Waals surface area contributed by atoms with Gasteiger partial charge < -0.3 is 0 Å². The zero-order chi connectivity index (χ0) is 5.28. The first-order chi connectivity index (χ1) is 3.29. The number of hydrogen-bond donors (Lipinski definition) is 1. The van der Waals surface area contributed by atoms with E-state index in [0.717, 1.165) is 0 Å². The first-order valence-corrected chi connectivity index (χ1v) is 2.12. The summed E-state index contributed by atoms with van der Waals surface area (Å²) in [6, 6.07) is 0. The van der Waals surface area contributed by atoms with Crippen LogP contribution >= 0.6 is 0 Å². The largest absolute Gasteiger partial charge is 0.296 e. The average molecular weight is 283 g/mol. The predicted molar refractivity (Wildman–Crippen MR) is 22.4 cm³/mol. The van der Waals surface area contributed by atoms with Gasteiger partial charge in [0.15, 0.2) is 0 Å². The van der Waals surface area contributed by atoms with Crippen LogP contribution in [0.4, 0.5) is 0 Å². The molecule has 0 aliphatic carbocycles. The summed E-state index contributed by atoms with van der Waals surface area (Å²) >= 11 is 0. The monoisotopic (exact) mass is 283 g/mol. The van der Waals surface area contributed by atoms with Crippen molar-refractivity contribution in [2.24, 2.45) is 0 Å². The van der Waals surface area contributed by atoms with Crippen LogP contribution in [0, 0.1) is 0 Å². The maximum absolute atomic E-state index is 10.1. The van der Waals surface area contributed by atoms with Crippen LogP contribution in [0.1, 0.15) is 12.8 Å². The Hall–Kier alpha value is -0.172. The van der Waals surface area contributed by atoms with E-state index < -0.39 is 0 Å². The maximum Gasteiger partial charge on any atom is 0.227 e. The summed E-state index contributed by atoms with van der Waals surface area (Å²) in [7, 11) is 0. The first kappa shape index (κ1) is 7.83. The summed E-state index contributed by atoms with van der Waals surface area (Å²) in [4.78, 5) is 20.2. The summed E-state index contributed by atoms with van der Waals surface area (Å²) in [5, 5.41) is 2.14. The number of rotatable bonds is 0. The molecule has 1 rings (SSSR count). The van der Waals surface area contributed by atoms with E-state index in [-0.39, 0.29) is 32.9 Å². The van der Waals surface area contributed by atoms with E-state index in [4.69, 9.17) is 0 Å². The smallest absolute Gasteiger partial charge is 0.227 e. The van der Waals surface area contributed by atoms with Gasteiger partial charge in [-0.15, -0.1) is 0 Å². The molecule has 0 atom stereocenters. The van der Waals surface area contributed by atoms with Gasteiger partial charge in [0.25, 0.3) is 0 Å². The van der Waals surface area contributed by atoms with Gasteiger partial charge in [-0.2, -0.15) is 0 Å². The number of amides is 2. The van der Waals surface area contributed by atoms with E-state index in [1.165, 1.54) is 0 Å². The van der Waals surface area contributed by atoms with Crippen LogP contribution in [-0.2, 0) is 30.7 Å². The van der Waals surface area contributed by atoms with Crippen LogP contribution < -0.4 is 5.32 Å². The Morgan fingerprint density at radius 2 is 1.50 bits per heavy atom. The average Bonchev–Trinajstić information content (AvgIpc) is 1.87. The van der Waals surface area contributed by atoms with Crippen molar-refractivity contribution in [1.29, 1.82) is 0 Å². The third-order valence-electron chi connectivity index (χ3n) is 0.858. The van der Waals surface area contributed by atoms with Crippen molar-refractivity contribution in [3.05, 3.63) is 0 Å². The molecule has 4 heteroatoms. The van der Waals surface area contributed by atoms with Gasteiger partial charge >= 0.3 is 0 Å². The molecule has 3 nitrogen and oxygen atoms in total. The number of carbonyl (C=O) groups excluding carboxylic acids is 2. The minimum atomic E-state index is -0.148. The summed E-state index contributed by atoms with van der Waals surface area (Å²) in [5.74, 6) is -0.296. The van der Waals surface area contributed by atoms with Gasteiger partial charge in [0, 0.05) is 33.9 Å². The van der Waals surface area contributed by atoms with Gasteiger partial charge in [-0.3, -0.25) is 14.9 Å². The topological polar surface area (TPSA) is 46.2 Å². The van der Waals surface area contributed by atoms with Gasteiger partial charge in [-0.05, 0) is 0 Å². The quantitative estimate of drug-likeness (QED) is 0.605. The molecule has 8 heavy (non-hydrogen) atoms. The number of hydrogen-bond acceptors (Lipinski definition) is 2. The zero-order valence-corrected chi connectivity index (χ0v) is 7.07. The van der Waals surface area contributed by atoms with Crippen LogP contribution in [0.3, 0.4) is 0 Å². The third-order valence-corrected chi connectivity index (χ3v) is 0.858. The van der Waals surface area contributed by atoms with Gasteiger partial charge in [0.1, 0.15) is 0 Å². The van der Waals surface area contributed by atoms with E-state index in [2.05, 4.69) is 5.32 Å². The minimum Gasteiger partial charge on any atom is -0.296 e. The van der Waals surface area contributed by atoms with E-state index in [1.54, 1.807) is 0 Å². The molecule has 0 saturated carbocycles. The Morgan fingerprint density at radius 1 is 1.12 bits per heavy atom. The van der Waals surface area contributed by atoms with Gasteiger partial charge in [-0.25, -0.2) is 0 Å². The summed E-state index contributed by atoms with van der Waals surface area (Å²) < 4.78 is 0. The number of imide groups is 1. The molecule has 1 aliphatic heterocycles. The molecule has 44 valence electrons. The van der Waals surface area contributed by atoms with Crippen molar-refractivity contribution in [3.63, 3.8) is 0 Å². The first-order valence-electron chi connectivity index (χ1n) is 2.12. The summed E-state index contributed by atoms with van der Waals surface area (Å²) in [6.07, 6.45) is 0.748. The second kappa shape index (κ2) is 2.98. The Kier molecular flexibility index (Phi) is 2.91. The maximum atomic E-state index is 10.1. The van der Waals surface area contributed by atoms with E-state index in [9.17, 15) is 9.59 Å². The molecule has 1 heterocycles. The predicted octanol–water partition coefficient (Wildman–Crippen LogP) is -0.579. The molecular formula is C4H5NO2W. The molecule has 0 aromatic heterocycles. The van der Waals surface area contributed by atoms with Crippen molar-refractivity contribution < 1.29 is 30.7 Å². The Labute approximate surface area is 61.1 Å². The number of carbonyl (C=O) groups is 2. The number of nitrogens with one attached hydrogen (secondary N) is 1. The van der Waals surface area contributed by atoms with Crippen molar-refractivity contribution in [1.82, 2.24) is 5.32 Å². The second-order valence-electron chi connectivity index (χ2n) is 1.47. The molecule has 0 radical (unpaired) electrons. The Balaban J connectivity index is 0.000000490. The molecule has 0 spiro atoms. The van der Waals surface area contributed by atoms with Crippen LogP contribution in [0.2, 0.25) is 0 Å². The molecule has 0 aromatic carbocycles. The molecule has 2 amide bonds. The Bertz CT molecular complexity index is 109. The molecular weight excluding hydrogens is 278 g/mol. The molecule has 0 aromatic rings. The summed E-state index contributed by atoms with van der Waals surface area (Å²) in [5.41, 5.74) is 0. The fraction of sp³-hybridized carbons (Fsp3) is 0.500. The van der Waals surface area contributed by atoms with Crippen LogP contribution in [-0.4, -0.2) is 11.8 Å². The zero-order valence-electron chi connectivity index (χ0n) is 4.14. The molecule has 1 saturated heterocycles. The minimum absolute atomic E-state index is 0. The second-order valence-corrected chi connectivity index (χ2v) is 1.47. The van der Waals surface area contributed by atoms with Gasteiger partial charge in [0.05, 0.1) is 0 Å². The van der Waals surface area contributed by atoms with E-state index >= 15 is 0 Å². The van der Waals surface area contributed by atoms with Crippen molar-refractivity contribution >= 4 is 11.8 Å².